The Hall–Kier alpha value is -3.62. The molecule has 0 saturated heterocycles. The first kappa shape index (κ1) is 21.7. The first-order chi connectivity index (χ1) is 13.8. The number of carbonyl (C=O) groups excluding carboxylic acids is 2. The Balaban J connectivity index is 2.06. The zero-order valence-electron chi connectivity index (χ0n) is 16.6. The van der Waals surface area contributed by atoms with E-state index in [1.807, 2.05) is 0 Å². The molecule has 0 radical (unpaired) electrons. The van der Waals surface area contributed by atoms with Crippen LogP contribution in [0.2, 0.25) is 0 Å². The largest absolute Gasteiger partial charge is 0.497 e. The number of nitrogens with zero attached hydrogens (tertiary/aromatic N) is 1. The molecule has 0 aromatic heterocycles. The number of nitro benzene ring substituents is 1. The van der Waals surface area contributed by atoms with Crippen molar-refractivity contribution in [3.63, 3.8) is 0 Å². The summed E-state index contributed by atoms with van der Waals surface area (Å²) in [4.78, 5) is 35.0. The van der Waals surface area contributed by atoms with Crippen molar-refractivity contribution in [1.29, 1.82) is 0 Å². The van der Waals surface area contributed by atoms with E-state index in [1.54, 1.807) is 38.1 Å². The van der Waals surface area contributed by atoms with Crippen LogP contribution in [0.15, 0.2) is 36.4 Å². The van der Waals surface area contributed by atoms with E-state index in [0.717, 1.165) is 0 Å². The summed E-state index contributed by atoms with van der Waals surface area (Å²) in [5.74, 6) is -0.338. The molecular formula is C20H22N2O7. The molecule has 0 bridgehead atoms. The predicted molar refractivity (Wildman–Crippen MR) is 104 cm³/mol. The highest BCUT2D eigenvalue weighted by Crippen LogP contribution is 2.29. The first-order valence-electron chi connectivity index (χ1n) is 8.70. The van der Waals surface area contributed by atoms with Gasteiger partial charge in [0.2, 0.25) is 0 Å². The third-order valence-electron chi connectivity index (χ3n) is 4.27. The van der Waals surface area contributed by atoms with Crippen LogP contribution >= 0.6 is 0 Å². The monoisotopic (exact) mass is 402 g/mol. The minimum atomic E-state index is -0.934. The number of benzene rings is 2. The Morgan fingerprint density at radius 3 is 2.52 bits per heavy atom. The van der Waals surface area contributed by atoms with E-state index in [4.69, 9.17) is 14.2 Å². The maximum absolute atomic E-state index is 12.3. The molecule has 1 N–H and O–H groups in total. The Morgan fingerprint density at radius 2 is 1.90 bits per heavy atom. The standard InChI is InChI=1S/C20H22N2O7/c1-12-6-5-7-16(22(25)26)19(12)20(24)29-11-18(23)21-13(2)15-10-14(27-3)8-9-17(15)28-4/h5-10,13H,11H2,1-4H3,(H,21,23). The highest BCUT2D eigenvalue weighted by molar-refractivity contribution is 5.96. The Kier molecular flexibility index (Phi) is 7.13. The number of rotatable bonds is 8. The van der Waals surface area contributed by atoms with Gasteiger partial charge in [0, 0.05) is 11.6 Å². The van der Waals surface area contributed by atoms with Crippen LogP contribution in [-0.4, -0.2) is 37.6 Å². The number of hydrogen-bond donors (Lipinski definition) is 1. The van der Waals surface area contributed by atoms with Gasteiger partial charge in [-0.2, -0.15) is 0 Å². The smallest absolute Gasteiger partial charge is 0.345 e. The van der Waals surface area contributed by atoms with Crippen LogP contribution in [0.5, 0.6) is 11.5 Å². The van der Waals surface area contributed by atoms with Crippen LogP contribution in [0.25, 0.3) is 0 Å². The Labute approximate surface area is 167 Å². The second-order valence-corrected chi connectivity index (χ2v) is 6.20. The molecule has 0 spiro atoms. The third kappa shape index (κ3) is 5.22. The van der Waals surface area contributed by atoms with Gasteiger partial charge in [-0.05, 0) is 37.6 Å². The van der Waals surface area contributed by atoms with Crippen LogP contribution < -0.4 is 14.8 Å². The molecule has 9 heteroatoms. The maximum Gasteiger partial charge on any atom is 0.345 e. The number of hydrogen-bond acceptors (Lipinski definition) is 7. The average molecular weight is 402 g/mol. The quantitative estimate of drug-likeness (QED) is 0.410. The zero-order chi connectivity index (χ0) is 21.6. The Bertz CT molecular complexity index is 927. The van der Waals surface area contributed by atoms with Crippen LogP contribution in [0, 0.1) is 17.0 Å². The topological polar surface area (TPSA) is 117 Å². The number of esters is 1. The van der Waals surface area contributed by atoms with Gasteiger partial charge >= 0.3 is 5.97 Å². The predicted octanol–water partition coefficient (Wildman–Crippen LogP) is 2.95. The van der Waals surface area contributed by atoms with Crippen molar-refractivity contribution in [2.24, 2.45) is 0 Å². The molecule has 2 rings (SSSR count). The normalized spacial score (nSPS) is 11.3. The molecule has 1 unspecified atom stereocenters. The van der Waals surface area contributed by atoms with Crippen molar-refractivity contribution < 1.29 is 28.7 Å². The van der Waals surface area contributed by atoms with Crippen molar-refractivity contribution in [1.82, 2.24) is 5.32 Å². The van der Waals surface area contributed by atoms with Crippen molar-refractivity contribution in [3.8, 4) is 11.5 Å². The van der Waals surface area contributed by atoms with Gasteiger partial charge in [-0.15, -0.1) is 0 Å². The van der Waals surface area contributed by atoms with E-state index in [-0.39, 0.29) is 11.3 Å². The van der Waals surface area contributed by atoms with Crippen LogP contribution in [-0.2, 0) is 9.53 Å². The highest BCUT2D eigenvalue weighted by atomic mass is 16.6. The van der Waals surface area contributed by atoms with Gasteiger partial charge in [-0.25, -0.2) is 4.79 Å². The van der Waals surface area contributed by atoms with Crippen LogP contribution in [0.4, 0.5) is 5.69 Å². The van der Waals surface area contributed by atoms with E-state index in [1.165, 1.54) is 26.4 Å². The van der Waals surface area contributed by atoms with E-state index >= 15 is 0 Å². The summed E-state index contributed by atoms with van der Waals surface area (Å²) >= 11 is 0. The van der Waals surface area contributed by atoms with Crippen LogP contribution in [0.3, 0.4) is 0 Å². The van der Waals surface area contributed by atoms with Crippen molar-refractivity contribution >= 4 is 17.6 Å². The molecule has 0 aliphatic rings. The molecule has 0 saturated carbocycles. The lowest BCUT2D eigenvalue weighted by molar-refractivity contribution is -0.385. The molecule has 0 aliphatic carbocycles. The zero-order valence-corrected chi connectivity index (χ0v) is 16.6. The molecule has 2 aromatic rings. The summed E-state index contributed by atoms with van der Waals surface area (Å²) in [6.45, 7) is 2.71. The fraction of sp³-hybridized carbons (Fsp3) is 0.300. The SMILES string of the molecule is COc1ccc(OC)c(C(C)NC(=O)COC(=O)c2c(C)cccc2[N+](=O)[O-])c1. The van der Waals surface area contributed by atoms with E-state index in [9.17, 15) is 19.7 Å². The molecule has 0 aliphatic heterocycles. The summed E-state index contributed by atoms with van der Waals surface area (Å²) in [7, 11) is 3.04. The molecule has 1 atom stereocenters. The van der Waals surface area contributed by atoms with E-state index in [0.29, 0.717) is 22.6 Å². The number of amides is 1. The molecule has 0 heterocycles. The van der Waals surface area contributed by atoms with Gasteiger partial charge in [0.15, 0.2) is 6.61 Å². The number of nitrogens with one attached hydrogen (secondary N) is 1. The minimum absolute atomic E-state index is 0.173. The Morgan fingerprint density at radius 1 is 1.17 bits per heavy atom. The van der Waals surface area contributed by atoms with Crippen molar-refractivity contribution in [3.05, 3.63) is 63.2 Å². The molecule has 1 amide bonds. The number of nitro groups is 1. The van der Waals surface area contributed by atoms with Gasteiger partial charge in [0.05, 0.1) is 25.2 Å². The van der Waals surface area contributed by atoms with Gasteiger partial charge in [0.1, 0.15) is 17.1 Å². The number of ether oxygens (including phenoxy) is 3. The lowest BCUT2D eigenvalue weighted by Crippen LogP contribution is -2.31. The minimum Gasteiger partial charge on any atom is -0.497 e. The van der Waals surface area contributed by atoms with Gasteiger partial charge < -0.3 is 19.5 Å². The summed E-state index contributed by atoms with van der Waals surface area (Å²) < 4.78 is 15.5. The van der Waals surface area contributed by atoms with Crippen molar-refractivity contribution in [2.75, 3.05) is 20.8 Å². The second kappa shape index (κ2) is 9.54. The maximum atomic E-state index is 12.3. The highest BCUT2D eigenvalue weighted by Gasteiger charge is 2.24. The third-order valence-corrected chi connectivity index (χ3v) is 4.27. The van der Waals surface area contributed by atoms with Gasteiger partial charge in [-0.1, -0.05) is 12.1 Å². The summed E-state index contributed by atoms with van der Waals surface area (Å²) in [5.41, 5.74) is 0.526. The molecule has 9 nitrogen and oxygen atoms in total. The lowest BCUT2D eigenvalue weighted by atomic mass is 10.1. The number of carbonyl (C=O) groups is 2. The summed E-state index contributed by atoms with van der Waals surface area (Å²) in [6, 6.07) is 8.95. The average Bonchev–Trinajstić information content (AvgIpc) is 2.71. The van der Waals surface area contributed by atoms with Crippen molar-refractivity contribution in [2.45, 2.75) is 19.9 Å². The summed E-state index contributed by atoms with van der Waals surface area (Å²) in [6.07, 6.45) is 0. The lowest BCUT2D eigenvalue weighted by Gasteiger charge is -2.18. The van der Waals surface area contributed by atoms with Gasteiger partial charge in [-0.3, -0.25) is 14.9 Å². The fourth-order valence-corrected chi connectivity index (χ4v) is 2.81. The first-order valence-corrected chi connectivity index (χ1v) is 8.70. The van der Waals surface area contributed by atoms with E-state index in [2.05, 4.69) is 5.32 Å². The molecule has 154 valence electrons. The molecule has 2 aromatic carbocycles. The number of methoxy groups -OCH3 is 2. The van der Waals surface area contributed by atoms with Crippen LogP contribution in [0.1, 0.15) is 34.5 Å². The fourth-order valence-electron chi connectivity index (χ4n) is 2.81. The summed E-state index contributed by atoms with van der Waals surface area (Å²) in [5, 5.41) is 13.8. The van der Waals surface area contributed by atoms with E-state index < -0.39 is 29.4 Å². The van der Waals surface area contributed by atoms with Gasteiger partial charge in [0.25, 0.3) is 11.6 Å². The molecule has 29 heavy (non-hydrogen) atoms. The molecule has 0 fully saturated rings. The molecular weight excluding hydrogens is 380 g/mol. The second-order valence-electron chi connectivity index (χ2n) is 6.20. The number of aryl methyl sites for hydroxylation is 1.